The fraction of sp³-hybridized carbons (Fsp3) is 0.143. The van der Waals surface area contributed by atoms with Crippen LogP contribution in [-0.4, -0.2) is 19.9 Å². The third-order valence-corrected chi connectivity index (χ3v) is 3.00. The number of benzene rings is 1. The molecule has 0 aliphatic heterocycles. The van der Waals surface area contributed by atoms with E-state index in [1.165, 1.54) is 0 Å². The van der Waals surface area contributed by atoms with Crippen molar-refractivity contribution in [1.82, 2.24) is 19.9 Å². The fourth-order valence-corrected chi connectivity index (χ4v) is 1.85. The maximum atomic E-state index is 5.96. The molecule has 0 radical (unpaired) electrons. The summed E-state index contributed by atoms with van der Waals surface area (Å²) in [4.78, 5) is 17.6. The van der Waals surface area contributed by atoms with Crippen LogP contribution in [0.3, 0.4) is 0 Å². The average molecular weight is 251 g/mol. The highest BCUT2D eigenvalue weighted by Gasteiger charge is 2.10. The lowest BCUT2D eigenvalue weighted by Gasteiger charge is -2.06. The number of nitrogens with zero attached hydrogens (tertiary/aromatic N) is 4. The molecule has 0 aliphatic rings. The van der Waals surface area contributed by atoms with Crippen LogP contribution in [0, 0.1) is 13.8 Å². The van der Waals surface area contributed by atoms with Crippen molar-refractivity contribution in [2.45, 2.75) is 13.8 Å². The molecule has 0 atom stereocenters. The second-order valence-corrected chi connectivity index (χ2v) is 4.37. The number of nitrogens with two attached hydrogens (primary N) is 1. The Labute approximate surface area is 110 Å². The fourth-order valence-electron chi connectivity index (χ4n) is 1.85. The predicted molar refractivity (Wildman–Crippen MR) is 74.5 cm³/mol. The van der Waals surface area contributed by atoms with E-state index in [0.717, 1.165) is 17.0 Å². The first kappa shape index (κ1) is 11.5. The van der Waals surface area contributed by atoms with E-state index in [9.17, 15) is 0 Å². The molecule has 0 bridgehead atoms. The van der Waals surface area contributed by atoms with Gasteiger partial charge in [-0.2, -0.15) is 0 Å². The number of anilines is 1. The molecule has 0 amide bonds. The molecule has 19 heavy (non-hydrogen) atoms. The maximum absolute atomic E-state index is 5.96. The number of fused-ring (bicyclic) bond motifs is 1. The number of hydrogen-bond acceptors (Lipinski definition) is 5. The van der Waals surface area contributed by atoms with Crippen molar-refractivity contribution in [3.05, 3.63) is 41.7 Å². The summed E-state index contributed by atoms with van der Waals surface area (Å²) in [5.74, 6) is 0.933. The molecule has 94 valence electrons. The summed E-state index contributed by atoms with van der Waals surface area (Å²) in [5.41, 5.74) is 9.66. The Morgan fingerprint density at radius 2 is 1.53 bits per heavy atom. The third-order valence-electron chi connectivity index (χ3n) is 3.00. The Kier molecular flexibility index (Phi) is 2.59. The van der Waals surface area contributed by atoms with Crippen LogP contribution >= 0.6 is 0 Å². The van der Waals surface area contributed by atoms with Gasteiger partial charge in [-0.1, -0.05) is 30.3 Å². The molecule has 5 heteroatoms. The van der Waals surface area contributed by atoms with E-state index in [1.807, 2.05) is 44.2 Å². The molecule has 2 heterocycles. The Morgan fingerprint density at radius 1 is 0.842 bits per heavy atom. The Balaban J connectivity index is 2.28. The van der Waals surface area contributed by atoms with E-state index >= 15 is 0 Å². The Hall–Kier alpha value is -2.56. The molecule has 0 saturated carbocycles. The summed E-state index contributed by atoms with van der Waals surface area (Å²) in [6.07, 6.45) is 0. The molecule has 0 saturated heterocycles. The van der Waals surface area contributed by atoms with Gasteiger partial charge in [-0.3, -0.25) is 0 Å². The van der Waals surface area contributed by atoms with Gasteiger partial charge in [0.25, 0.3) is 0 Å². The number of hydrogen-bond donors (Lipinski definition) is 1. The average Bonchev–Trinajstić information content (AvgIpc) is 2.42. The van der Waals surface area contributed by atoms with E-state index in [2.05, 4.69) is 19.9 Å². The lowest BCUT2D eigenvalue weighted by atomic mass is 10.2. The molecular weight excluding hydrogens is 238 g/mol. The van der Waals surface area contributed by atoms with Crippen molar-refractivity contribution in [2.75, 3.05) is 5.73 Å². The van der Waals surface area contributed by atoms with E-state index in [-0.39, 0.29) is 0 Å². The minimum atomic E-state index is 0.361. The SMILES string of the molecule is Cc1nc2nc(-c3ccccc3)nc(N)c2nc1C. The summed E-state index contributed by atoms with van der Waals surface area (Å²) < 4.78 is 0. The lowest BCUT2D eigenvalue weighted by Crippen LogP contribution is -2.03. The van der Waals surface area contributed by atoms with Gasteiger partial charge in [-0.15, -0.1) is 0 Å². The molecule has 2 N–H and O–H groups in total. The zero-order chi connectivity index (χ0) is 13.4. The van der Waals surface area contributed by atoms with Gasteiger partial charge in [0.2, 0.25) is 0 Å². The molecule has 0 aliphatic carbocycles. The first-order chi connectivity index (χ1) is 9.15. The molecule has 0 spiro atoms. The van der Waals surface area contributed by atoms with Crippen LogP contribution in [0.15, 0.2) is 30.3 Å². The normalized spacial score (nSPS) is 10.8. The van der Waals surface area contributed by atoms with Crippen molar-refractivity contribution in [3.63, 3.8) is 0 Å². The first-order valence-electron chi connectivity index (χ1n) is 5.99. The maximum Gasteiger partial charge on any atom is 0.184 e. The van der Waals surface area contributed by atoms with Gasteiger partial charge in [0.1, 0.15) is 0 Å². The third kappa shape index (κ3) is 1.99. The molecule has 2 aromatic heterocycles. The second kappa shape index (κ2) is 4.28. The van der Waals surface area contributed by atoms with Crippen LogP contribution in [0.25, 0.3) is 22.6 Å². The number of aryl methyl sites for hydroxylation is 2. The van der Waals surface area contributed by atoms with Gasteiger partial charge in [-0.05, 0) is 13.8 Å². The van der Waals surface area contributed by atoms with Gasteiger partial charge in [0.05, 0.1) is 11.4 Å². The Bertz CT molecular complexity index is 753. The molecule has 1 aromatic carbocycles. The van der Waals surface area contributed by atoms with Crippen molar-refractivity contribution >= 4 is 17.0 Å². The van der Waals surface area contributed by atoms with Crippen molar-refractivity contribution in [3.8, 4) is 11.4 Å². The summed E-state index contributed by atoms with van der Waals surface area (Å²) in [5, 5.41) is 0. The molecule has 5 nitrogen and oxygen atoms in total. The monoisotopic (exact) mass is 251 g/mol. The summed E-state index contributed by atoms with van der Waals surface area (Å²) >= 11 is 0. The summed E-state index contributed by atoms with van der Waals surface area (Å²) in [6.45, 7) is 3.80. The van der Waals surface area contributed by atoms with Gasteiger partial charge in [-0.25, -0.2) is 19.9 Å². The van der Waals surface area contributed by atoms with Crippen molar-refractivity contribution < 1.29 is 0 Å². The highest BCUT2D eigenvalue weighted by atomic mass is 15.0. The zero-order valence-electron chi connectivity index (χ0n) is 10.8. The van der Waals surface area contributed by atoms with Gasteiger partial charge < -0.3 is 5.73 Å². The quantitative estimate of drug-likeness (QED) is 0.718. The van der Waals surface area contributed by atoms with Gasteiger partial charge in [0.15, 0.2) is 22.8 Å². The largest absolute Gasteiger partial charge is 0.382 e. The predicted octanol–water partition coefficient (Wildman–Crippen LogP) is 2.29. The summed E-state index contributed by atoms with van der Waals surface area (Å²) in [6, 6.07) is 9.70. The Morgan fingerprint density at radius 3 is 2.26 bits per heavy atom. The molecule has 3 rings (SSSR count). The lowest BCUT2D eigenvalue weighted by molar-refractivity contribution is 1.06. The number of rotatable bonds is 1. The molecular formula is C14H13N5. The number of nitrogen functional groups attached to an aromatic ring is 1. The van der Waals surface area contributed by atoms with Crippen LogP contribution in [0.1, 0.15) is 11.4 Å². The highest BCUT2D eigenvalue weighted by molar-refractivity contribution is 5.83. The zero-order valence-corrected chi connectivity index (χ0v) is 10.8. The summed E-state index contributed by atoms with van der Waals surface area (Å²) in [7, 11) is 0. The van der Waals surface area contributed by atoms with Gasteiger partial charge in [0, 0.05) is 5.56 Å². The standard InChI is InChI=1S/C14H13N5/c1-8-9(2)17-14-11(16-8)12(15)18-13(19-14)10-6-4-3-5-7-10/h3-7H,1-2H3,(H2,15,17,18,19). The molecule has 0 unspecified atom stereocenters. The van der Waals surface area contributed by atoms with Crippen molar-refractivity contribution in [1.29, 1.82) is 0 Å². The number of aromatic nitrogens is 4. The van der Waals surface area contributed by atoms with E-state index in [0.29, 0.717) is 22.8 Å². The molecule has 3 aromatic rings. The van der Waals surface area contributed by atoms with Crippen LogP contribution in [0.2, 0.25) is 0 Å². The minimum Gasteiger partial charge on any atom is -0.382 e. The van der Waals surface area contributed by atoms with E-state index in [1.54, 1.807) is 0 Å². The van der Waals surface area contributed by atoms with Crippen LogP contribution in [-0.2, 0) is 0 Å². The minimum absolute atomic E-state index is 0.361. The van der Waals surface area contributed by atoms with Crippen LogP contribution in [0.4, 0.5) is 5.82 Å². The van der Waals surface area contributed by atoms with Gasteiger partial charge >= 0.3 is 0 Å². The topological polar surface area (TPSA) is 77.6 Å². The van der Waals surface area contributed by atoms with Crippen molar-refractivity contribution in [2.24, 2.45) is 0 Å². The van der Waals surface area contributed by atoms with Crippen LogP contribution < -0.4 is 5.73 Å². The second-order valence-electron chi connectivity index (χ2n) is 4.37. The van der Waals surface area contributed by atoms with E-state index in [4.69, 9.17) is 5.73 Å². The first-order valence-corrected chi connectivity index (χ1v) is 5.99. The highest BCUT2D eigenvalue weighted by Crippen LogP contribution is 2.21. The smallest absolute Gasteiger partial charge is 0.184 e. The molecule has 0 fully saturated rings. The van der Waals surface area contributed by atoms with Crippen LogP contribution in [0.5, 0.6) is 0 Å². The van der Waals surface area contributed by atoms with E-state index < -0.39 is 0 Å².